The van der Waals surface area contributed by atoms with Crippen molar-refractivity contribution in [2.45, 2.75) is 34.2 Å². The van der Waals surface area contributed by atoms with Gasteiger partial charge in [0.1, 0.15) is 6.54 Å². The molecule has 0 saturated carbocycles. The molecule has 28 heavy (non-hydrogen) atoms. The lowest BCUT2D eigenvalue weighted by Gasteiger charge is -2.12. The standard InChI is InChI=1S/C22H22ClN3O2/c1-13-10-15(3)17(11-14(13)2)20-8-9-22(28)26(25-20)12-21(27)24-19-7-5-6-18(23)16(19)4/h5-11H,12H2,1-4H3,(H,24,27). The summed E-state index contributed by atoms with van der Waals surface area (Å²) in [6.07, 6.45) is 0. The maximum atomic E-state index is 12.5. The average molecular weight is 396 g/mol. The van der Waals surface area contributed by atoms with Gasteiger partial charge in [-0.1, -0.05) is 23.7 Å². The molecule has 0 atom stereocenters. The van der Waals surface area contributed by atoms with Crippen LogP contribution in [-0.2, 0) is 11.3 Å². The molecule has 5 nitrogen and oxygen atoms in total. The maximum absolute atomic E-state index is 12.5. The van der Waals surface area contributed by atoms with Gasteiger partial charge in [0.2, 0.25) is 5.91 Å². The van der Waals surface area contributed by atoms with Gasteiger partial charge < -0.3 is 5.32 Å². The normalized spacial score (nSPS) is 10.8. The number of hydrogen-bond acceptors (Lipinski definition) is 3. The second-order valence-corrected chi connectivity index (χ2v) is 7.33. The number of benzene rings is 2. The van der Waals surface area contributed by atoms with Crippen molar-refractivity contribution in [1.82, 2.24) is 9.78 Å². The molecule has 1 heterocycles. The van der Waals surface area contributed by atoms with Gasteiger partial charge in [0.05, 0.1) is 5.69 Å². The molecule has 1 amide bonds. The van der Waals surface area contributed by atoms with Crippen LogP contribution in [0.2, 0.25) is 5.02 Å². The Morgan fingerprint density at radius 2 is 1.75 bits per heavy atom. The Morgan fingerprint density at radius 3 is 2.50 bits per heavy atom. The molecule has 0 bridgehead atoms. The van der Waals surface area contributed by atoms with Crippen LogP contribution in [0.15, 0.2) is 47.3 Å². The summed E-state index contributed by atoms with van der Waals surface area (Å²) in [5.41, 5.74) is 6.09. The minimum atomic E-state index is -0.339. The molecule has 6 heteroatoms. The van der Waals surface area contributed by atoms with Crippen LogP contribution in [0.3, 0.4) is 0 Å². The molecule has 0 unspecified atom stereocenters. The number of amides is 1. The number of anilines is 1. The quantitative estimate of drug-likeness (QED) is 0.710. The fraction of sp³-hybridized carbons (Fsp3) is 0.227. The summed E-state index contributed by atoms with van der Waals surface area (Å²) in [5, 5.41) is 7.77. The number of carbonyl (C=O) groups excluding carboxylic acids is 1. The van der Waals surface area contributed by atoms with Crippen molar-refractivity contribution < 1.29 is 4.79 Å². The van der Waals surface area contributed by atoms with E-state index in [4.69, 9.17) is 11.6 Å². The van der Waals surface area contributed by atoms with Crippen LogP contribution in [0.4, 0.5) is 5.69 Å². The number of halogens is 1. The molecule has 2 aromatic carbocycles. The molecule has 0 aliphatic heterocycles. The molecular weight excluding hydrogens is 374 g/mol. The van der Waals surface area contributed by atoms with Crippen molar-refractivity contribution in [2.24, 2.45) is 0 Å². The molecular formula is C22H22ClN3O2. The Kier molecular flexibility index (Phi) is 5.66. The highest BCUT2D eigenvalue weighted by atomic mass is 35.5. The predicted molar refractivity (Wildman–Crippen MR) is 113 cm³/mol. The van der Waals surface area contributed by atoms with Crippen LogP contribution in [-0.4, -0.2) is 15.7 Å². The first-order chi connectivity index (χ1) is 13.3. The first kappa shape index (κ1) is 19.8. The Labute approximate surface area is 169 Å². The van der Waals surface area contributed by atoms with Gasteiger partial charge >= 0.3 is 0 Å². The van der Waals surface area contributed by atoms with Crippen molar-refractivity contribution in [3.05, 3.63) is 80.1 Å². The molecule has 0 aliphatic carbocycles. The highest BCUT2D eigenvalue weighted by molar-refractivity contribution is 6.31. The molecule has 0 radical (unpaired) electrons. The van der Waals surface area contributed by atoms with Gasteiger partial charge in [0, 0.05) is 22.3 Å². The lowest BCUT2D eigenvalue weighted by Crippen LogP contribution is -2.29. The van der Waals surface area contributed by atoms with E-state index >= 15 is 0 Å². The van der Waals surface area contributed by atoms with Gasteiger partial charge in [0.15, 0.2) is 0 Å². The third kappa shape index (κ3) is 4.15. The molecule has 1 aromatic heterocycles. The Balaban J connectivity index is 1.88. The highest BCUT2D eigenvalue weighted by Gasteiger charge is 2.12. The van der Waals surface area contributed by atoms with E-state index in [1.807, 2.05) is 20.8 Å². The second kappa shape index (κ2) is 7.98. The third-order valence-electron chi connectivity index (χ3n) is 4.82. The average Bonchev–Trinajstić information content (AvgIpc) is 2.64. The first-order valence-electron chi connectivity index (χ1n) is 8.97. The first-order valence-corrected chi connectivity index (χ1v) is 9.35. The molecule has 0 aliphatic rings. The summed E-state index contributed by atoms with van der Waals surface area (Å²) < 4.78 is 1.18. The largest absolute Gasteiger partial charge is 0.324 e. The molecule has 144 valence electrons. The van der Waals surface area contributed by atoms with E-state index in [-0.39, 0.29) is 18.0 Å². The van der Waals surface area contributed by atoms with Crippen LogP contribution in [0.1, 0.15) is 22.3 Å². The summed E-state index contributed by atoms with van der Waals surface area (Å²) in [4.78, 5) is 24.7. The maximum Gasteiger partial charge on any atom is 0.267 e. The highest BCUT2D eigenvalue weighted by Crippen LogP contribution is 2.24. The van der Waals surface area contributed by atoms with Crippen LogP contribution < -0.4 is 10.9 Å². The number of nitrogens with one attached hydrogen (secondary N) is 1. The number of hydrogen-bond donors (Lipinski definition) is 1. The van der Waals surface area contributed by atoms with Crippen LogP contribution in [0.5, 0.6) is 0 Å². The monoisotopic (exact) mass is 395 g/mol. The van der Waals surface area contributed by atoms with E-state index in [9.17, 15) is 9.59 Å². The van der Waals surface area contributed by atoms with E-state index in [1.54, 1.807) is 24.3 Å². The molecule has 0 saturated heterocycles. The van der Waals surface area contributed by atoms with E-state index < -0.39 is 0 Å². The topological polar surface area (TPSA) is 64.0 Å². The van der Waals surface area contributed by atoms with Crippen LogP contribution >= 0.6 is 11.6 Å². The molecule has 3 aromatic rings. The van der Waals surface area contributed by atoms with Crippen molar-refractivity contribution in [3.63, 3.8) is 0 Å². The zero-order chi connectivity index (χ0) is 20.4. The third-order valence-corrected chi connectivity index (χ3v) is 5.23. The van der Waals surface area contributed by atoms with Gasteiger partial charge in [-0.2, -0.15) is 5.10 Å². The molecule has 0 fully saturated rings. The minimum absolute atomic E-state index is 0.178. The molecule has 3 rings (SSSR count). The summed E-state index contributed by atoms with van der Waals surface area (Å²) in [7, 11) is 0. The SMILES string of the molecule is Cc1cc(C)c(-c2ccc(=O)n(CC(=O)Nc3cccc(Cl)c3C)n2)cc1C. The van der Waals surface area contributed by atoms with Crippen LogP contribution in [0.25, 0.3) is 11.3 Å². The van der Waals surface area contributed by atoms with Gasteiger partial charge in [-0.05, 0) is 74.2 Å². The van der Waals surface area contributed by atoms with Crippen molar-refractivity contribution in [2.75, 3.05) is 5.32 Å². The summed E-state index contributed by atoms with van der Waals surface area (Å²) >= 11 is 6.09. The molecule has 1 N–H and O–H groups in total. The van der Waals surface area contributed by atoms with Gasteiger partial charge in [-0.25, -0.2) is 4.68 Å². The van der Waals surface area contributed by atoms with E-state index in [2.05, 4.69) is 29.5 Å². The van der Waals surface area contributed by atoms with E-state index in [0.29, 0.717) is 16.4 Å². The van der Waals surface area contributed by atoms with Crippen molar-refractivity contribution in [3.8, 4) is 11.3 Å². The zero-order valence-electron chi connectivity index (χ0n) is 16.3. The lowest BCUT2D eigenvalue weighted by molar-refractivity contribution is -0.117. The minimum Gasteiger partial charge on any atom is -0.324 e. The zero-order valence-corrected chi connectivity index (χ0v) is 17.1. The Bertz CT molecular complexity index is 1120. The number of nitrogens with zero attached hydrogens (tertiary/aromatic N) is 2. The summed E-state index contributed by atoms with van der Waals surface area (Å²) in [5.74, 6) is -0.339. The molecule has 0 spiro atoms. The fourth-order valence-electron chi connectivity index (χ4n) is 3.01. The van der Waals surface area contributed by atoms with E-state index in [0.717, 1.165) is 22.3 Å². The smallest absolute Gasteiger partial charge is 0.267 e. The van der Waals surface area contributed by atoms with Gasteiger partial charge in [-0.3, -0.25) is 9.59 Å². The Morgan fingerprint density at radius 1 is 1.04 bits per heavy atom. The summed E-state index contributed by atoms with van der Waals surface area (Å²) in [6.45, 7) is 7.75. The second-order valence-electron chi connectivity index (χ2n) is 6.93. The number of carbonyl (C=O) groups is 1. The van der Waals surface area contributed by atoms with Gasteiger partial charge in [-0.15, -0.1) is 0 Å². The van der Waals surface area contributed by atoms with E-state index in [1.165, 1.54) is 16.3 Å². The lowest BCUT2D eigenvalue weighted by atomic mass is 9.99. The van der Waals surface area contributed by atoms with Crippen molar-refractivity contribution in [1.29, 1.82) is 0 Å². The Hall–Kier alpha value is -2.92. The summed E-state index contributed by atoms with van der Waals surface area (Å²) in [6, 6.07) is 12.6. The van der Waals surface area contributed by atoms with Crippen molar-refractivity contribution >= 4 is 23.2 Å². The van der Waals surface area contributed by atoms with Gasteiger partial charge in [0.25, 0.3) is 5.56 Å². The fourth-order valence-corrected chi connectivity index (χ4v) is 3.19. The number of aryl methyl sites for hydroxylation is 3. The predicted octanol–water partition coefficient (Wildman–Crippen LogP) is 4.44. The number of aromatic nitrogens is 2. The number of rotatable bonds is 4. The van der Waals surface area contributed by atoms with Crippen LogP contribution in [0, 0.1) is 27.7 Å².